The van der Waals surface area contributed by atoms with Crippen molar-refractivity contribution in [2.24, 2.45) is 53.3 Å². The Balaban J connectivity index is 0.000000110. The second kappa shape index (κ2) is 15.7. The first-order chi connectivity index (χ1) is 21.0. The second-order valence-corrected chi connectivity index (χ2v) is 32.1. The molecule has 43 heavy (non-hydrogen) atoms. The fourth-order valence-corrected chi connectivity index (χ4v) is 28.4. The van der Waals surface area contributed by atoms with Crippen molar-refractivity contribution in [1.82, 2.24) is 0 Å². The van der Waals surface area contributed by atoms with Crippen LogP contribution in [0.3, 0.4) is 0 Å². The molecule has 3 aliphatic heterocycles. The smallest absolute Gasteiger partial charge is 0.0967 e. The summed E-state index contributed by atoms with van der Waals surface area (Å²) in [6.45, 7) is 14.4. The molecule has 0 radical (unpaired) electrons. The van der Waals surface area contributed by atoms with Crippen LogP contribution in [-0.4, -0.2) is 56.6 Å². The Bertz CT molecular complexity index is 920. The van der Waals surface area contributed by atoms with E-state index in [-0.39, 0.29) is 56.6 Å². The molecule has 9 rings (SSSR count). The standard InChI is InChI=1S/C11H16.C9H12.C7H8.6C2H5.4Al/c1-3-8-5-11-7-10(8)6-9(11)4-2;1-2-8-5-7-3-4-9(8)6-7;1-2-7-4-3-6(1)5-7;6*1-2;;;;/h5-6,8-11H,1-4,7H2;3-5,7-9H,1-2,6H2;1-4,6-7H,5H2;6*1H2,2H3;;;;. The van der Waals surface area contributed by atoms with E-state index in [1.165, 1.54) is 60.3 Å². The van der Waals surface area contributed by atoms with Crippen LogP contribution >= 0.6 is 0 Å². The molecule has 6 bridgehead atoms. The minimum Gasteiger partial charge on any atom is -0.0967 e. The zero-order chi connectivity index (χ0) is 30.1. The van der Waals surface area contributed by atoms with Crippen molar-refractivity contribution >= 4 is 56.6 Å². The predicted octanol–water partition coefficient (Wildman–Crippen LogP) is 11.8. The van der Waals surface area contributed by atoms with Gasteiger partial charge in [0.05, 0.1) is 0 Å². The molecule has 4 heteroatoms. The van der Waals surface area contributed by atoms with Gasteiger partial charge in [-0.25, -0.2) is 0 Å². The van der Waals surface area contributed by atoms with Gasteiger partial charge in [-0.15, -0.1) is 0 Å². The molecular formula is C39H66Al4. The van der Waals surface area contributed by atoms with Crippen molar-refractivity contribution in [1.29, 1.82) is 0 Å². The van der Waals surface area contributed by atoms with Crippen LogP contribution in [0.25, 0.3) is 0 Å². The number of allylic oxidation sites excluding steroid dienone is 6. The molecule has 9 aliphatic rings. The van der Waals surface area contributed by atoms with Crippen LogP contribution in [0.4, 0.5) is 0 Å². The molecule has 10 unspecified atom stereocenters. The van der Waals surface area contributed by atoms with E-state index in [1.54, 1.807) is 63.8 Å². The summed E-state index contributed by atoms with van der Waals surface area (Å²) in [6.07, 6.45) is 23.8. The van der Waals surface area contributed by atoms with Crippen LogP contribution in [0.15, 0.2) is 36.5 Å². The molecular weight excluding hydrogens is 576 g/mol. The van der Waals surface area contributed by atoms with Crippen LogP contribution in [-0.2, 0) is 0 Å². The first-order valence-corrected chi connectivity index (χ1v) is 29.4. The van der Waals surface area contributed by atoms with Gasteiger partial charge >= 0.3 is 0 Å². The van der Waals surface area contributed by atoms with Gasteiger partial charge in [-0.3, -0.25) is 0 Å². The van der Waals surface area contributed by atoms with Crippen molar-refractivity contribution in [3.63, 3.8) is 0 Å². The third-order valence-corrected chi connectivity index (χ3v) is 31.7. The summed E-state index contributed by atoms with van der Waals surface area (Å²) in [5, 5.41) is 14.4. The van der Waals surface area contributed by atoms with Crippen molar-refractivity contribution in [2.45, 2.75) is 142 Å². The molecule has 0 N–H and O–H groups in total. The van der Waals surface area contributed by atoms with E-state index in [4.69, 9.17) is 0 Å². The van der Waals surface area contributed by atoms with Gasteiger partial charge in [0.1, 0.15) is 0 Å². The van der Waals surface area contributed by atoms with E-state index < -0.39 is 0 Å². The number of hydrogen-bond acceptors (Lipinski definition) is 0. The minimum absolute atomic E-state index is 0.171. The summed E-state index contributed by atoms with van der Waals surface area (Å²) in [7, 11) is 0. The Labute approximate surface area is 286 Å². The summed E-state index contributed by atoms with van der Waals surface area (Å²) >= 11 is -1.00. The summed E-state index contributed by atoms with van der Waals surface area (Å²) in [6, 6.07) is 0. The third kappa shape index (κ3) is 6.94. The Kier molecular flexibility index (Phi) is 12.5. The molecule has 0 aromatic rings. The first-order valence-electron chi connectivity index (χ1n) is 20.1. The molecule has 6 aliphatic carbocycles. The third-order valence-electron chi connectivity index (χ3n) is 15.6. The SMILES string of the molecule is C1=CC2C=CC1C2.C[CH2][Al]([CH2]C)[CH2]C.C[CH2][Al]1[CH2]CC2C3C=CC(C3)[CH]21.C[CH2][Al]1[CH2]CC2C3CC(C4C[CH2][Al]([CH2]C)[CH]43)[CH]21. The quantitative estimate of drug-likeness (QED) is 0.200. The second-order valence-electron chi connectivity index (χ2n) is 16.9. The van der Waals surface area contributed by atoms with Gasteiger partial charge in [0.2, 0.25) is 0 Å². The topological polar surface area (TPSA) is 0 Å². The molecule has 0 aromatic heterocycles. The van der Waals surface area contributed by atoms with Gasteiger partial charge < -0.3 is 0 Å². The van der Waals surface area contributed by atoms with Gasteiger partial charge in [-0.2, -0.15) is 0 Å². The average Bonchev–Trinajstić information content (AvgIpc) is 3.88. The average molecular weight is 643 g/mol. The Morgan fingerprint density at radius 2 is 0.907 bits per heavy atom. The maximum atomic E-state index is 2.55. The van der Waals surface area contributed by atoms with Crippen LogP contribution in [0.5, 0.6) is 0 Å². The van der Waals surface area contributed by atoms with E-state index >= 15 is 0 Å². The van der Waals surface area contributed by atoms with Crippen LogP contribution in [0.1, 0.15) is 80.1 Å². The highest BCUT2D eigenvalue weighted by molar-refractivity contribution is 6.63. The van der Waals surface area contributed by atoms with Gasteiger partial charge in [0.25, 0.3) is 56.6 Å². The van der Waals surface area contributed by atoms with Crippen LogP contribution in [0.2, 0.25) is 61.9 Å². The maximum Gasteiger partial charge on any atom is 0.266 e. The molecule has 3 saturated carbocycles. The van der Waals surface area contributed by atoms with E-state index in [0.717, 1.165) is 29.6 Å². The van der Waals surface area contributed by atoms with Gasteiger partial charge in [0.15, 0.2) is 0 Å². The van der Waals surface area contributed by atoms with Crippen LogP contribution < -0.4 is 0 Å². The molecule has 10 atom stereocenters. The lowest BCUT2D eigenvalue weighted by molar-refractivity contribution is 0.269. The van der Waals surface area contributed by atoms with E-state index in [1.807, 2.05) is 0 Å². The lowest BCUT2D eigenvalue weighted by Crippen LogP contribution is -2.32. The van der Waals surface area contributed by atoms with Crippen molar-refractivity contribution < 1.29 is 0 Å². The molecule has 0 aromatic carbocycles. The van der Waals surface area contributed by atoms with E-state index in [9.17, 15) is 0 Å². The molecule has 0 amide bonds. The molecule has 3 heterocycles. The largest absolute Gasteiger partial charge is 0.266 e. The maximum absolute atomic E-state index is 2.55. The summed E-state index contributed by atoms with van der Waals surface area (Å²) < 4.78 is 3.93. The summed E-state index contributed by atoms with van der Waals surface area (Å²) in [5.41, 5.74) is 0. The Hall–Kier alpha value is 1.35. The van der Waals surface area contributed by atoms with Crippen molar-refractivity contribution in [3.8, 4) is 0 Å². The van der Waals surface area contributed by atoms with Crippen molar-refractivity contribution in [3.05, 3.63) is 36.5 Å². The van der Waals surface area contributed by atoms with E-state index in [0.29, 0.717) is 0 Å². The van der Waals surface area contributed by atoms with E-state index in [2.05, 4.69) is 78.0 Å². The Morgan fingerprint density at radius 3 is 1.30 bits per heavy atom. The molecule has 3 saturated heterocycles. The first kappa shape index (κ1) is 34.2. The normalized spacial score (nSPS) is 42.4. The summed E-state index contributed by atoms with van der Waals surface area (Å²) in [5.74, 6) is 9.97. The summed E-state index contributed by atoms with van der Waals surface area (Å²) in [4.78, 5) is 0. The fourth-order valence-electron chi connectivity index (χ4n) is 13.5. The minimum atomic E-state index is -0.281. The zero-order valence-electron chi connectivity index (χ0n) is 29.3. The number of rotatable bonds is 6. The zero-order valence-corrected chi connectivity index (χ0v) is 33.9. The van der Waals surface area contributed by atoms with Crippen molar-refractivity contribution in [2.75, 3.05) is 0 Å². The monoisotopic (exact) mass is 642 g/mol. The highest BCUT2D eigenvalue weighted by Gasteiger charge is 2.64. The highest BCUT2D eigenvalue weighted by Crippen LogP contribution is 2.72. The lowest BCUT2D eigenvalue weighted by Gasteiger charge is -2.38. The highest BCUT2D eigenvalue weighted by atomic mass is 27.2. The number of hydrogen-bond donors (Lipinski definition) is 0. The predicted molar refractivity (Wildman–Crippen MR) is 198 cm³/mol. The molecule has 6 fully saturated rings. The molecule has 234 valence electrons. The van der Waals surface area contributed by atoms with Gasteiger partial charge in [-0.05, 0) is 72.5 Å². The van der Waals surface area contributed by atoms with Gasteiger partial charge in [-0.1, -0.05) is 159 Å². The van der Waals surface area contributed by atoms with Gasteiger partial charge in [0, 0.05) is 0 Å². The fraction of sp³-hybridized carbons (Fsp3) is 0.846. The Morgan fingerprint density at radius 1 is 0.465 bits per heavy atom. The van der Waals surface area contributed by atoms with Crippen LogP contribution in [0, 0.1) is 53.3 Å². The lowest BCUT2D eigenvalue weighted by atomic mass is 9.79. The molecule has 0 spiro atoms. The number of fused-ring (bicyclic) bond motifs is 15. The molecule has 0 nitrogen and oxygen atoms in total.